The first-order chi connectivity index (χ1) is 12.3. The van der Waals surface area contributed by atoms with Crippen LogP contribution in [0.4, 0.5) is 5.69 Å². The van der Waals surface area contributed by atoms with Gasteiger partial charge < -0.3 is 14.8 Å². The van der Waals surface area contributed by atoms with Crippen molar-refractivity contribution in [1.29, 1.82) is 0 Å². The van der Waals surface area contributed by atoms with Crippen molar-refractivity contribution in [3.05, 3.63) is 35.1 Å². The molecule has 2 aromatic rings. The summed E-state index contributed by atoms with van der Waals surface area (Å²) >= 11 is 7.76. The van der Waals surface area contributed by atoms with E-state index in [0.29, 0.717) is 6.54 Å². The second kappa shape index (κ2) is 9.46. The zero-order chi connectivity index (χ0) is 17.5. The lowest BCUT2D eigenvalue weighted by molar-refractivity contribution is -0.902. The second-order valence-corrected chi connectivity index (χ2v) is 7.91. The number of rotatable bonds is 8. The lowest BCUT2D eigenvalue weighted by Crippen LogP contribution is -3.13. The quantitative estimate of drug-likeness (QED) is 0.691. The van der Waals surface area contributed by atoms with E-state index >= 15 is 0 Å². The highest BCUT2D eigenvalue weighted by Crippen LogP contribution is 2.18. The summed E-state index contributed by atoms with van der Waals surface area (Å²) in [6.07, 6.45) is 4.17. The van der Waals surface area contributed by atoms with Gasteiger partial charge in [0.2, 0.25) is 0 Å². The van der Waals surface area contributed by atoms with Crippen molar-refractivity contribution >= 4 is 29.1 Å². The number of halogens is 1. The van der Waals surface area contributed by atoms with Crippen LogP contribution >= 0.6 is 23.4 Å². The highest BCUT2D eigenvalue weighted by molar-refractivity contribution is 7.99. The van der Waals surface area contributed by atoms with E-state index in [0.717, 1.165) is 34.0 Å². The predicted octanol–water partition coefficient (Wildman–Crippen LogP) is 2.72. The number of aromatic nitrogens is 3. The first-order valence-corrected chi connectivity index (χ1v) is 10.5. The Morgan fingerprint density at radius 3 is 2.64 bits per heavy atom. The Hall–Kier alpha value is -1.24. The molecule has 0 bridgehead atoms. The van der Waals surface area contributed by atoms with Gasteiger partial charge in [0.15, 0.2) is 11.0 Å². The Kier molecular flexibility index (Phi) is 7.02. The molecule has 1 aromatic carbocycles. The number of benzene rings is 1. The molecule has 5 nitrogen and oxygen atoms in total. The number of hydrogen-bond donors (Lipinski definition) is 2. The number of piperidine rings is 1. The van der Waals surface area contributed by atoms with Gasteiger partial charge in [0.05, 0.1) is 31.9 Å². The first kappa shape index (κ1) is 18.5. The number of nitrogens with zero attached hydrogens (tertiary/aromatic N) is 3. The fourth-order valence-corrected chi connectivity index (χ4v) is 4.40. The van der Waals surface area contributed by atoms with Crippen molar-refractivity contribution in [2.75, 3.05) is 30.7 Å². The molecule has 0 amide bonds. The van der Waals surface area contributed by atoms with Gasteiger partial charge in [-0.2, -0.15) is 0 Å². The molecule has 0 unspecified atom stereocenters. The molecule has 2 N–H and O–H groups in total. The highest BCUT2D eigenvalue weighted by Gasteiger charge is 2.15. The molecule has 3 rings (SSSR count). The Morgan fingerprint density at radius 1 is 1.16 bits per heavy atom. The Balaban J connectivity index is 1.52. The van der Waals surface area contributed by atoms with Gasteiger partial charge in [0.25, 0.3) is 0 Å². The topological polar surface area (TPSA) is 47.2 Å². The Morgan fingerprint density at radius 2 is 1.92 bits per heavy atom. The highest BCUT2D eigenvalue weighted by atomic mass is 35.5. The molecule has 7 heteroatoms. The van der Waals surface area contributed by atoms with Crippen molar-refractivity contribution in [1.82, 2.24) is 14.8 Å². The number of quaternary nitrogens is 1. The van der Waals surface area contributed by atoms with Crippen molar-refractivity contribution in [2.24, 2.45) is 0 Å². The van der Waals surface area contributed by atoms with E-state index in [1.165, 1.54) is 38.9 Å². The molecule has 1 aromatic heterocycles. The minimum Gasteiger partial charge on any atom is -0.378 e. The average molecular weight is 381 g/mol. The van der Waals surface area contributed by atoms with E-state index in [4.69, 9.17) is 11.6 Å². The SMILES string of the molecule is CCn1c(CNc2ccc(Cl)cc2)nnc1SCC[NH+]1CCCCC1. The van der Waals surface area contributed by atoms with Gasteiger partial charge in [0.1, 0.15) is 0 Å². The molecule has 1 saturated heterocycles. The zero-order valence-corrected chi connectivity index (χ0v) is 16.4. The van der Waals surface area contributed by atoms with Crippen molar-refractivity contribution in [3.63, 3.8) is 0 Å². The molecule has 1 aliphatic heterocycles. The Bertz CT molecular complexity index is 652. The van der Waals surface area contributed by atoms with Crippen LogP contribution < -0.4 is 10.2 Å². The van der Waals surface area contributed by atoms with E-state index in [1.54, 1.807) is 4.90 Å². The van der Waals surface area contributed by atoms with Crippen LogP contribution in [0, 0.1) is 0 Å². The molecule has 1 aliphatic rings. The molecule has 25 heavy (non-hydrogen) atoms. The van der Waals surface area contributed by atoms with Crippen molar-refractivity contribution < 1.29 is 4.90 Å². The summed E-state index contributed by atoms with van der Waals surface area (Å²) in [5.74, 6) is 2.09. The fraction of sp³-hybridized carbons (Fsp3) is 0.556. The molecule has 136 valence electrons. The number of thioether (sulfide) groups is 1. The summed E-state index contributed by atoms with van der Waals surface area (Å²) < 4.78 is 2.21. The average Bonchev–Trinajstić information content (AvgIpc) is 3.04. The number of anilines is 1. The summed E-state index contributed by atoms with van der Waals surface area (Å²) in [4.78, 5) is 1.74. The maximum atomic E-state index is 5.93. The summed E-state index contributed by atoms with van der Waals surface area (Å²) in [7, 11) is 0. The Labute approximate surface area is 159 Å². The summed E-state index contributed by atoms with van der Waals surface area (Å²) in [6, 6.07) is 7.73. The lowest BCUT2D eigenvalue weighted by atomic mass is 10.1. The smallest absolute Gasteiger partial charge is 0.191 e. The van der Waals surface area contributed by atoms with Gasteiger partial charge in [-0.15, -0.1) is 10.2 Å². The van der Waals surface area contributed by atoms with Crippen LogP contribution in [0.25, 0.3) is 0 Å². The minimum absolute atomic E-state index is 0.667. The molecular weight excluding hydrogens is 354 g/mol. The number of hydrogen-bond acceptors (Lipinski definition) is 4. The third-order valence-electron chi connectivity index (χ3n) is 4.65. The van der Waals surface area contributed by atoms with Crippen LogP contribution in [0.3, 0.4) is 0 Å². The van der Waals surface area contributed by atoms with Gasteiger partial charge in [-0.25, -0.2) is 0 Å². The van der Waals surface area contributed by atoms with Crippen LogP contribution in [0.2, 0.25) is 5.02 Å². The van der Waals surface area contributed by atoms with E-state index in [2.05, 4.69) is 27.0 Å². The minimum atomic E-state index is 0.667. The van der Waals surface area contributed by atoms with Crippen LogP contribution in [0.5, 0.6) is 0 Å². The van der Waals surface area contributed by atoms with E-state index in [-0.39, 0.29) is 0 Å². The first-order valence-electron chi connectivity index (χ1n) is 9.14. The maximum absolute atomic E-state index is 5.93. The molecule has 2 heterocycles. The van der Waals surface area contributed by atoms with E-state index in [1.807, 2.05) is 36.0 Å². The lowest BCUT2D eigenvalue weighted by Gasteiger charge is -2.23. The summed E-state index contributed by atoms with van der Waals surface area (Å²) in [5, 5.41) is 14.0. The molecule has 0 spiro atoms. The molecule has 0 atom stereocenters. The standard InChI is InChI=1S/C18H26ClN5S/c1-2-24-17(14-20-16-8-6-15(19)7-9-16)21-22-18(24)25-13-12-23-10-4-3-5-11-23/h6-9,20H,2-5,10-14H2,1H3/p+1. The van der Waals surface area contributed by atoms with Gasteiger partial charge >= 0.3 is 0 Å². The van der Waals surface area contributed by atoms with Crippen LogP contribution in [-0.4, -0.2) is 40.2 Å². The largest absolute Gasteiger partial charge is 0.378 e. The van der Waals surface area contributed by atoms with E-state index < -0.39 is 0 Å². The van der Waals surface area contributed by atoms with Gasteiger partial charge in [-0.05, 0) is 50.5 Å². The zero-order valence-electron chi connectivity index (χ0n) is 14.8. The predicted molar refractivity (Wildman–Crippen MR) is 105 cm³/mol. The molecule has 0 saturated carbocycles. The van der Waals surface area contributed by atoms with Crippen LogP contribution in [-0.2, 0) is 13.1 Å². The van der Waals surface area contributed by atoms with Gasteiger partial charge in [-0.3, -0.25) is 0 Å². The molecular formula is C18H27ClN5S+. The third kappa shape index (κ3) is 5.36. The van der Waals surface area contributed by atoms with Gasteiger partial charge in [-0.1, -0.05) is 23.4 Å². The normalized spacial score (nSPS) is 15.4. The number of likely N-dealkylation sites (tertiary alicyclic amines) is 1. The monoisotopic (exact) mass is 380 g/mol. The third-order valence-corrected chi connectivity index (χ3v) is 5.87. The summed E-state index contributed by atoms with van der Waals surface area (Å²) in [5.41, 5.74) is 1.04. The van der Waals surface area contributed by atoms with Crippen molar-refractivity contribution in [3.8, 4) is 0 Å². The summed E-state index contributed by atoms with van der Waals surface area (Å²) in [6.45, 7) is 7.59. The fourth-order valence-electron chi connectivity index (χ4n) is 3.21. The van der Waals surface area contributed by atoms with Crippen molar-refractivity contribution in [2.45, 2.75) is 44.4 Å². The van der Waals surface area contributed by atoms with Gasteiger partial charge in [0, 0.05) is 17.3 Å². The van der Waals surface area contributed by atoms with Crippen LogP contribution in [0.1, 0.15) is 32.0 Å². The molecule has 0 radical (unpaired) electrons. The van der Waals surface area contributed by atoms with E-state index in [9.17, 15) is 0 Å². The molecule has 1 fully saturated rings. The number of nitrogens with one attached hydrogen (secondary N) is 2. The molecule has 0 aliphatic carbocycles. The van der Waals surface area contributed by atoms with Crippen LogP contribution in [0.15, 0.2) is 29.4 Å². The maximum Gasteiger partial charge on any atom is 0.191 e. The second-order valence-electron chi connectivity index (χ2n) is 6.41.